The van der Waals surface area contributed by atoms with E-state index in [2.05, 4.69) is 44.6 Å². The van der Waals surface area contributed by atoms with Gasteiger partial charge in [0.05, 0.1) is 24.5 Å². The molecule has 0 saturated heterocycles. The average molecular weight is 457 g/mol. The molecule has 34 heavy (non-hydrogen) atoms. The summed E-state index contributed by atoms with van der Waals surface area (Å²) in [6.07, 6.45) is 5.77. The number of hydrogen-bond donors (Lipinski definition) is 2. The molecule has 5 rings (SSSR count). The van der Waals surface area contributed by atoms with Crippen LogP contribution >= 0.6 is 0 Å². The Morgan fingerprint density at radius 2 is 1.76 bits per heavy atom. The fourth-order valence-corrected chi connectivity index (χ4v) is 3.98. The molecule has 1 aliphatic rings. The Hall–Kier alpha value is -3.91. The molecular formula is C26H28N6O2. The summed E-state index contributed by atoms with van der Waals surface area (Å²) in [5.74, 6) is 2.56. The standard InChI is InChI=1S/C26H28N6O2/c1-32(2)20-14-21(15-20)34-23-9-8-18(13-24(23)33-3)30-26-27-11-10-25(31-26)29-19-12-17-6-4-5-7-22(17)28-16-19/h4-13,16,20-21H,14-15H2,1-3H3,(H2,27,29,30,31). The summed E-state index contributed by atoms with van der Waals surface area (Å²) in [6.45, 7) is 0. The Morgan fingerprint density at radius 1 is 0.912 bits per heavy atom. The van der Waals surface area contributed by atoms with Crippen LogP contribution in [0.1, 0.15) is 12.8 Å². The van der Waals surface area contributed by atoms with Crippen LogP contribution in [0.25, 0.3) is 10.9 Å². The SMILES string of the molecule is COc1cc(Nc2nccc(Nc3cnc4ccccc4c3)n2)ccc1OC1CC(N(C)C)C1. The molecule has 0 unspecified atom stereocenters. The third-order valence-corrected chi connectivity index (χ3v) is 6.03. The van der Waals surface area contributed by atoms with E-state index in [-0.39, 0.29) is 6.10 Å². The van der Waals surface area contributed by atoms with E-state index in [0.717, 1.165) is 40.9 Å². The van der Waals surface area contributed by atoms with Gasteiger partial charge in [0, 0.05) is 29.4 Å². The van der Waals surface area contributed by atoms with Crippen molar-refractivity contribution in [1.82, 2.24) is 19.9 Å². The van der Waals surface area contributed by atoms with Gasteiger partial charge in [0.1, 0.15) is 11.9 Å². The van der Waals surface area contributed by atoms with E-state index in [9.17, 15) is 0 Å². The lowest BCUT2D eigenvalue weighted by molar-refractivity contribution is 0.0383. The van der Waals surface area contributed by atoms with Gasteiger partial charge in [0.25, 0.3) is 0 Å². The van der Waals surface area contributed by atoms with Crippen molar-refractivity contribution in [1.29, 1.82) is 0 Å². The second-order valence-corrected chi connectivity index (χ2v) is 8.63. The quantitative estimate of drug-likeness (QED) is 0.384. The van der Waals surface area contributed by atoms with Crippen LogP contribution in [0, 0.1) is 0 Å². The minimum atomic E-state index is 0.218. The maximum atomic E-state index is 6.15. The zero-order valence-electron chi connectivity index (χ0n) is 19.5. The first-order valence-electron chi connectivity index (χ1n) is 11.3. The van der Waals surface area contributed by atoms with Gasteiger partial charge in [0.15, 0.2) is 11.5 Å². The van der Waals surface area contributed by atoms with Gasteiger partial charge in [-0.05, 0) is 57.3 Å². The first kappa shape index (κ1) is 21.9. The number of anilines is 4. The zero-order chi connectivity index (χ0) is 23.5. The Bertz CT molecular complexity index is 1290. The fourth-order valence-electron chi connectivity index (χ4n) is 3.98. The average Bonchev–Trinajstić information content (AvgIpc) is 2.81. The molecule has 2 heterocycles. The normalized spacial score (nSPS) is 17.3. The summed E-state index contributed by atoms with van der Waals surface area (Å²) in [5, 5.41) is 7.61. The van der Waals surface area contributed by atoms with Crippen LogP contribution in [0.15, 0.2) is 67.0 Å². The first-order chi connectivity index (χ1) is 16.6. The zero-order valence-corrected chi connectivity index (χ0v) is 19.5. The summed E-state index contributed by atoms with van der Waals surface area (Å²) in [6, 6.07) is 18.2. The topological polar surface area (TPSA) is 84.4 Å². The minimum Gasteiger partial charge on any atom is -0.493 e. The number of methoxy groups -OCH3 is 1. The highest BCUT2D eigenvalue weighted by Gasteiger charge is 2.32. The second-order valence-electron chi connectivity index (χ2n) is 8.63. The number of rotatable bonds is 8. The summed E-state index contributed by atoms with van der Waals surface area (Å²) in [7, 11) is 5.86. The molecule has 1 fully saturated rings. The van der Waals surface area contributed by atoms with Crippen LogP contribution in [0.2, 0.25) is 0 Å². The monoisotopic (exact) mass is 456 g/mol. The van der Waals surface area contributed by atoms with Crippen LogP contribution in [0.4, 0.5) is 23.1 Å². The Morgan fingerprint density at radius 3 is 2.59 bits per heavy atom. The molecule has 4 aromatic rings. The van der Waals surface area contributed by atoms with Crippen molar-refractivity contribution >= 4 is 34.0 Å². The highest BCUT2D eigenvalue weighted by atomic mass is 16.5. The molecule has 8 heteroatoms. The molecule has 0 radical (unpaired) electrons. The highest BCUT2D eigenvalue weighted by molar-refractivity contribution is 5.82. The molecular weight excluding hydrogens is 428 g/mol. The minimum absolute atomic E-state index is 0.218. The molecule has 1 saturated carbocycles. The van der Waals surface area contributed by atoms with Crippen molar-refractivity contribution in [2.45, 2.75) is 25.0 Å². The third kappa shape index (κ3) is 4.87. The highest BCUT2D eigenvalue weighted by Crippen LogP contribution is 2.36. The Kier molecular flexibility index (Phi) is 6.14. The largest absolute Gasteiger partial charge is 0.493 e. The van der Waals surface area contributed by atoms with Crippen LogP contribution in [0.3, 0.4) is 0 Å². The van der Waals surface area contributed by atoms with E-state index in [0.29, 0.717) is 23.6 Å². The summed E-state index contributed by atoms with van der Waals surface area (Å²) in [4.78, 5) is 15.7. The molecule has 0 atom stereocenters. The van der Waals surface area contributed by atoms with Crippen LogP contribution in [0.5, 0.6) is 11.5 Å². The van der Waals surface area contributed by atoms with E-state index in [1.807, 2.05) is 54.6 Å². The maximum Gasteiger partial charge on any atom is 0.229 e. The van der Waals surface area contributed by atoms with Crippen molar-refractivity contribution in [2.24, 2.45) is 0 Å². The number of nitrogens with one attached hydrogen (secondary N) is 2. The van der Waals surface area contributed by atoms with Crippen molar-refractivity contribution in [3.8, 4) is 11.5 Å². The number of ether oxygens (including phenoxy) is 2. The summed E-state index contributed by atoms with van der Waals surface area (Å²) in [5.41, 5.74) is 2.63. The Labute approximate surface area is 199 Å². The predicted octanol–water partition coefficient (Wildman–Crippen LogP) is 4.99. The van der Waals surface area contributed by atoms with E-state index >= 15 is 0 Å². The van der Waals surface area contributed by atoms with E-state index in [1.165, 1.54) is 0 Å². The molecule has 0 spiro atoms. The smallest absolute Gasteiger partial charge is 0.229 e. The molecule has 0 amide bonds. The van der Waals surface area contributed by atoms with E-state index in [4.69, 9.17) is 9.47 Å². The summed E-state index contributed by atoms with van der Waals surface area (Å²) >= 11 is 0. The molecule has 2 N–H and O–H groups in total. The fraction of sp³-hybridized carbons (Fsp3) is 0.269. The Balaban J connectivity index is 1.26. The van der Waals surface area contributed by atoms with Gasteiger partial charge in [0.2, 0.25) is 5.95 Å². The first-order valence-corrected chi connectivity index (χ1v) is 11.3. The van der Waals surface area contributed by atoms with Gasteiger partial charge in [-0.3, -0.25) is 4.98 Å². The van der Waals surface area contributed by atoms with Gasteiger partial charge in [-0.15, -0.1) is 0 Å². The predicted molar refractivity (Wildman–Crippen MR) is 134 cm³/mol. The lowest BCUT2D eigenvalue weighted by atomic mass is 9.88. The van der Waals surface area contributed by atoms with Crippen molar-refractivity contribution in [3.05, 3.63) is 67.0 Å². The number of para-hydroxylation sites is 1. The third-order valence-electron chi connectivity index (χ3n) is 6.03. The van der Waals surface area contributed by atoms with Crippen molar-refractivity contribution in [3.63, 3.8) is 0 Å². The van der Waals surface area contributed by atoms with Gasteiger partial charge in [-0.2, -0.15) is 4.98 Å². The number of fused-ring (bicyclic) bond motifs is 1. The maximum absolute atomic E-state index is 6.15. The van der Waals surface area contributed by atoms with Crippen LogP contribution < -0.4 is 20.1 Å². The van der Waals surface area contributed by atoms with Crippen molar-refractivity contribution in [2.75, 3.05) is 31.8 Å². The van der Waals surface area contributed by atoms with Crippen molar-refractivity contribution < 1.29 is 9.47 Å². The number of aromatic nitrogens is 3. The number of nitrogens with zero attached hydrogens (tertiary/aromatic N) is 4. The molecule has 2 aromatic carbocycles. The van der Waals surface area contributed by atoms with Crippen LogP contribution in [-0.4, -0.2) is 53.2 Å². The van der Waals surface area contributed by atoms with Gasteiger partial charge in [-0.1, -0.05) is 18.2 Å². The van der Waals surface area contributed by atoms with Crippen LogP contribution in [-0.2, 0) is 0 Å². The molecule has 0 aliphatic heterocycles. The second kappa shape index (κ2) is 9.52. The lowest BCUT2D eigenvalue weighted by Gasteiger charge is -2.39. The lowest BCUT2D eigenvalue weighted by Crippen LogP contribution is -2.46. The van der Waals surface area contributed by atoms with E-state index in [1.54, 1.807) is 19.5 Å². The molecule has 1 aliphatic carbocycles. The molecule has 0 bridgehead atoms. The molecule has 2 aromatic heterocycles. The molecule has 8 nitrogen and oxygen atoms in total. The number of benzene rings is 2. The van der Waals surface area contributed by atoms with Gasteiger partial charge >= 0.3 is 0 Å². The number of pyridine rings is 1. The number of hydrogen-bond acceptors (Lipinski definition) is 8. The van der Waals surface area contributed by atoms with Gasteiger partial charge in [-0.25, -0.2) is 4.98 Å². The van der Waals surface area contributed by atoms with Gasteiger partial charge < -0.3 is 25.0 Å². The molecule has 174 valence electrons. The van der Waals surface area contributed by atoms with E-state index < -0.39 is 0 Å². The summed E-state index contributed by atoms with van der Waals surface area (Å²) < 4.78 is 11.7.